The van der Waals surface area contributed by atoms with Crippen molar-refractivity contribution in [1.29, 1.82) is 0 Å². The van der Waals surface area contributed by atoms with Gasteiger partial charge in [0.1, 0.15) is 0 Å². The minimum atomic E-state index is 0. The Hall–Kier alpha value is 1.66. The Morgan fingerprint density at radius 1 is 0.667 bits per heavy atom. The van der Waals surface area contributed by atoms with Gasteiger partial charge < -0.3 is 12.3 Å². The minimum absolute atomic E-state index is 0. The summed E-state index contributed by atoms with van der Waals surface area (Å²) in [6.45, 7) is 6.00. The van der Waals surface area contributed by atoms with Crippen LogP contribution in [-0.2, 0) is 0 Å². The molecule has 0 atom stereocenters. The third-order valence-electron chi connectivity index (χ3n) is 0. The molecule has 0 rings (SSSR count). The first-order chi connectivity index (χ1) is 1.00. The molecule has 6 N–H and O–H groups in total. The van der Waals surface area contributed by atoms with Crippen LogP contribution in [0.5, 0.6) is 0 Å². The van der Waals surface area contributed by atoms with Gasteiger partial charge in [0.2, 0.25) is 0 Å². The molecule has 2 nitrogen and oxygen atoms in total. The van der Waals surface area contributed by atoms with Crippen molar-refractivity contribution < 1.29 is 0 Å². The Kier molecular flexibility index (Phi) is 620. The van der Waals surface area contributed by atoms with Crippen molar-refractivity contribution in [1.82, 2.24) is 12.3 Å². The van der Waals surface area contributed by atoms with E-state index in [1.54, 1.807) is 0 Å². The van der Waals surface area contributed by atoms with Crippen LogP contribution < -0.4 is 12.3 Å². The molecule has 0 aliphatic carbocycles. The molecule has 4 heteroatoms. The van der Waals surface area contributed by atoms with Crippen molar-refractivity contribution in [2.75, 3.05) is 0 Å². The van der Waals surface area contributed by atoms with E-state index in [4.69, 9.17) is 0 Å². The molecule has 32 valence electrons. The molecule has 0 aromatic rings. The Morgan fingerprint density at radius 2 is 0.667 bits per heavy atom. The Labute approximate surface area is 83.5 Å². The van der Waals surface area contributed by atoms with Crippen LogP contribution in [0.15, 0.2) is 13.2 Å². The Morgan fingerprint density at radius 3 is 0.667 bits per heavy atom. The van der Waals surface area contributed by atoms with Crippen molar-refractivity contribution in [2.24, 2.45) is 0 Å². The van der Waals surface area contributed by atoms with Crippen LogP contribution >= 0.6 is 0 Å². The van der Waals surface area contributed by atoms with Crippen LogP contribution in [0.4, 0.5) is 0 Å². The third-order valence-corrected chi connectivity index (χ3v) is 0. The third kappa shape index (κ3) is 44.6. The molecule has 0 aromatic carbocycles. The zero-order valence-electron chi connectivity index (χ0n) is 2.83. The van der Waals surface area contributed by atoms with Crippen LogP contribution in [0.2, 0.25) is 0 Å². The standard InChI is InChI=1S/C2H4.2H3N.2Na.2H/c1-2;;;;;;/h1-2H2;2*1H3;;;;. The van der Waals surface area contributed by atoms with E-state index in [2.05, 4.69) is 13.2 Å². The molecule has 6 heavy (non-hydrogen) atoms. The summed E-state index contributed by atoms with van der Waals surface area (Å²) in [5, 5.41) is 0. The van der Waals surface area contributed by atoms with Crippen LogP contribution in [0, 0.1) is 0 Å². The van der Waals surface area contributed by atoms with E-state index in [-0.39, 0.29) is 71.4 Å². The van der Waals surface area contributed by atoms with E-state index in [0.717, 1.165) is 0 Å². The van der Waals surface area contributed by atoms with Crippen LogP contribution in [0.25, 0.3) is 0 Å². The predicted octanol–water partition coefficient (Wildman–Crippen LogP) is -0.171. The van der Waals surface area contributed by atoms with Crippen LogP contribution in [-0.4, -0.2) is 59.1 Å². The van der Waals surface area contributed by atoms with E-state index < -0.39 is 0 Å². The van der Waals surface area contributed by atoms with Crippen molar-refractivity contribution in [3.05, 3.63) is 13.2 Å². The number of hydrogen-bond acceptors (Lipinski definition) is 2. The normalized spacial score (nSPS) is 0.667. The summed E-state index contributed by atoms with van der Waals surface area (Å²) < 4.78 is 0. The van der Waals surface area contributed by atoms with E-state index in [9.17, 15) is 0 Å². The van der Waals surface area contributed by atoms with Crippen LogP contribution in [0.1, 0.15) is 0 Å². The summed E-state index contributed by atoms with van der Waals surface area (Å²) in [4.78, 5) is 0. The SMILES string of the molecule is C=C.N.N.[NaH].[NaH]. The zero-order valence-corrected chi connectivity index (χ0v) is 2.83. The zero-order chi connectivity index (χ0) is 2.00. The molecule has 0 aliphatic heterocycles. The summed E-state index contributed by atoms with van der Waals surface area (Å²) >= 11 is 0. The van der Waals surface area contributed by atoms with Gasteiger partial charge in [0.15, 0.2) is 0 Å². The fraction of sp³-hybridized carbons (Fsp3) is 0. The molecular weight excluding hydrogens is 98.0 g/mol. The van der Waals surface area contributed by atoms with Gasteiger partial charge >= 0.3 is 59.1 Å². The fourth-order valence-electron chi connectivity index (χ4n) is 0. The second-order valence-corrected chi connectivity index (χ2v) is 0. The summed E-state index contributed by atoms with van der Waals surface area (Å²) in [7, 11) is 0. The summed E-state index contributed by atoms with van der Waals surface area (Å²) in [6.07, 6.45) is 0. The molecule has 0 bridgehead atoms. The van der Waals surface area contributed by atoms with E-state index in [1.165, 1.54) is 0 Å². The van der Waals surface area contributed by atoms with E-state index in [1.807, 2.05) is 0 Å². The summed E-state index contributed by atoms with van der Waals surface area (Å²) in [6, 6.07) is 0. The first-order valence-corrected chi connectivity index (χ1v) is 0.500. The van der Waals surface area contributed by atoms with Crippen molar-refractivity contribution in [3.8, 4) is 0 Å². The van der Waals surface area contributed by atoms with Crippen molar-refractivity contribution in [2.45, 2.75) is 0 Å². The van der Waals surface area contributed by atoms with Gasteiger partial charge in [0, 0.05) is 0 Å². The monoisotopic (exact) mass is 110 g/mol. The molecule has 0 fully saturated rings. The second kappa shape index (κ2) is 77.4. The average molecular weight is 110 g/mol. The first-order valence-electron chi connectivity index (χ1n) is 0.500. The van der Waals surface area contributed by atoms with Gasteiger partial charge in [-0.3, -0.25) is 0 Å². The Balaban J connectivity index is -0.000000000833. The molecule has 0 heterocycles. The first kappa shape index (κ1) is 48.0. The van der Waals surface area contributed by atoms with Gasteiger partial charge in [0.25, 0.3) is 0 Å². The van der Waals surface area contributed by atoms with Crippen molar-refractivity contribution in [3.63, 3.8) is 0 Å². The Bertz CT molecular complexity index is 9.51. The van der Waals surface area contributed by atoms with Gasteiger partial charge in [-0.05, 0) is 0 Å². The second-order valence-electron chi connectivity index (χ2n) is 0. The van der Waals surface area contributed by atoms with Crippen molar-refractivity contribution >= 4 is 59.1 Å². The van der Waals surface area contributed by atoms with Gasteiger partial charge in [-0.1, -0.05) is 0 Å². The fourth-order valence-corrected chi connectivity index (χ4v) is 0. The summed E-state index contributed by atoms with van der Waals surface area (Å²) in [5.41, 5.74) is 0. The number of hydrogen-bond donors (Lipinski definition) is 2. The average Bonchev–Trinajstić information content (AvgIpc) is 1.00. The molecule has 0 unspecified atom stereocenters. The molecule has 0 aliphatic rings. The molecule has 0 aromatic heterocycles. The van der Waals surface area contributed by atoms with E-state index >= 15 is 0 Å². The van der Waals surface area contributed by atoms with Crippen LogP contribution in [0.3, 0.4) is 0 Å². The molecule has 0 spiro atoms. The van der Waals surface area contributed by atoms with Gasteiger partial charge in [-0.25, -0.2) is 0 Å². The molecular formula is C2H12N2Na2. The predicted molar refractivity (Wildman–Crippen MR) is 35.6 cm³/mol. The molecule has 0 saturated heterocycles. The maximum atomic E-state index is 3.00. The molecule has 0 saturated carbocycles. The topological polar surface area (TPSA) is 70.0 Å². The quantitative estimate of drug-likeness (QED) is 0.335. The van der Waals surface area contributed by atoms with Gasteiger partial charge in [0.05, 0.1) is 0 Å². The molecule has 0 radical (unpaired) electrons. The maximum absolute atomic E-state index is 3.00. The summed E-state index contributed by atoms with van der Waals surface area (Å²) in [5.74, 6) is 0. The van der Waals surface area contributed by atoms with Gasteiger partial charge in [-0.2, -0.15) is 0 Å². The molecule has 0 amide bonds. The van der Waals surface area contributed by atoms with Gasteiger partial charge in [-0.15, -0.1) is 13.2 Å². The van der Waals surface area contributed by atoms with E-state index in [0.29, 0.717) is 0 Å². The number of rotatable bonds is 0.